The van der Waals surface area contributed by atoms with E-state index in [9.17, 15) is 20.1 Å². The molecule has 6 nitrogen and oxygen atoms in total. The van der Waals surface area contributed by atoms with E-state index in [-0.39, 0.29) is 28.2 Å². The summed E-state index contributed by atoms with van der Waals surface area (Å²) in [5.41, 5.74) is 1.34. The minimum absolute atomic E-state index is 0.0172. The summed E-state index contributed by atoms with van der Waals surface area (Å²) >= 11 is 6.42. The normalized spacial score (nSPS) is 20.2. The number of benzene rings is 2. The molecule has 0 aliphatic carbocycles. The van der Waals surface area contributed by atoms with Crippen LogP contribution in [0.2, 0.25) is 5.02 Å². The molecular weight excluding hydrogens is 392 g/mol. The molecule has 29 heavy (non-hydrogen) atoms. The molecule has 0 amide bonds. The van der Waals surface area contributed by atoms with E-state index in [1.165, 1.54) is 6.07 Å². The summed E-state index contributed by atoms with van der Waals surface area (Å²) in [6.07, 6.45) is -0.173. The zero-order valence-corrected chi connectivity index (χ0v) is 16.9. The Bertz CT molecular complexity index is 1160. The summed E-state index contributed by atoms with van der Waals surface area (Å²) in [5.74, 6) is -0.760. The van der Waals surface area contributed by atoms with Crippen LogP contribution in [0.15, 0.2) is 39.5 Å². The quantitative estimate of drug-likeness (QED) is 0.552. The lowest BCUT2D eigenvalue weighted by Gasteiger charge is -2.34. The number of rotatable bonds is 2. The number of phenols is 2. The van der Waals surface area contributed by atoms with E-state index in [1.54, 1.807) is 6.07 Å². The fourth-order valence-electron chi connectivity index (χ4n) is 4.08. The Labute approximate surface area is 173 Å². The van der Waals surface area contributed by atoms with Crippen molar-refractivity contribution in [1.29, 1.82) is 0 Å². The standard InChI is InChI=1S/C21H21BClNO5/c1-24-6-5-10(16(28)9-24)18-13(25)7-14(26)19-15(27)8-17(29-21(18)19)11-3-2-4-12(22)20(11)23/h2-4,7-8,10,16,25-26,28H,5-6,9,22H2,1H3. The Morgan fingerprint density at radius 2 is 2.00 bits per heavy atom. The van der Waals surface area contributed by atoms with E-state index >= 15 is 0 Å². The van der Waals surface area contributed by atoms with Gasteiger partial charge in [0.25, 0.3) is 0 Å². The number of β-amino-alcohol motifs (C(OH)–C–C–N with tert-alkyl or cyclic N) is 1. The Hall–Kier alpha value is -2.48. The molecule has 1 aliphatic heterocycles. The average Bonchev–Trinajstić information content (AvgIpc) is 2.64. The lowest BCUT2D eigenvalue weighted by Crippen LogP contribution is -2.40. The molecule has 8 heteroatoms. The largest absolute Gasteiger partial charge is 0.507 e. The summed E-state index contributed by atoms with van der Waals surface area (Å²) in [7, 11) is 3.76. The number of likely N-dealkylation sites (tertiary alicyclic amines) is 1. The first-order valence-corrected chi connectivity index (χ1v) is 9.80. The van der Waals surface area contributed by atoms with Gasteiger partial charge in [-0.1, -0.05) is 29.2 Å². The van der Waals surface area contributed by atoms with Crippen LogP contribution < -0.4 is 10.9 Å². The maximum Gasteiger partial charge on any atom is 0.197 e. The number of aliphatic hydroxyl groups is 1. The van der Waals surface area contributed by atoms with Gasteiger partial charge in [-0.05, 0) is 26.1 Å². The number of piperidine rings is 1. The number of aromatic hydroxyl groups is 2. The van der Waals surface area contributed by atoms with Crippen LogP contribution in [0.5, 0.6) is 11.5 Å². The van der Waals surface area contributed by atoms with Gasteiger partial charge in [0.1, 0.15) is 36.1 Å². The van der Waals surface area contributed by atoms with Gasteiger partial charge >= 0.3 is 0 Å². The van der Waals surface area contributed by atoms with Crippen molar-refractivity contribution in [2.45, 2.75) is 18.4 Å². The molecule has 0 saturated carbocycles. The minimum atomic E-state index is -0.746. The van der Waals surface area contributed by atoms with Gasteiger partial charge in [0.05, 0.1) is 6.10 Å². The Morgan fingerprint density at radius 3 is 2.72 bits per heavy atom. The lowest BCUT2D eigenvalue weighted by molar-refractivity contribution is 0.0631. The first kappa shape index (κ1) is 19.8. The number of fused-ring (bicyclic) bond motifs is 1. The van der Waals surface area contributed by atoms with Gasteiger partial charge in [0, 0.05) is 40.7 Å². The molecule has 2 unspecified atom stereocenters. The van der Waals surface area contributed by atoms with E-state index in [2.05, 4.69) is 0 Å². The highest BCUT2D eigenvalue weighted by molar-refractivity contribution is 6.46. The number of halogens is 1. The Morgan fingerprint density at radius 1 is 1.24 bits per heavy atom. The molecule has 1 saturated heterocycles. The van der Waals surface area contributed by atoms with Crippen LogP contribution in [0.3, 0.4) is 0 Å². The fraction of sp³-hybridized carbons (Fsp3) is 0.286. The number of hydrogen-bond acceptors (Lipinski definition) is 6. The van der Waals surface area contributed by atoms with Gasteiger partial charge in [-0.15, -0.1) is 0 Å². The number of aliphatic hydroxyl groups excluding tert-OH is 1. The summed E-state index contributed by atoms with van der Waals surface area (Å²) in [4.78, 5) is 14.8. The Kier molecular flexibility index (Phi) is 5.06. The second kappa shape index (κ2) is 7.41. The van der Waals surface area contributed by atoms with Gasteiger partial charge in [-0.2, -0.15) is 0 Å². The van der Waals surface area contributed by atoms with E-state index in [1.807, 2.05) is 31.9 Å². The van der Waals surface area contributed by atoms with Crippen molar-refractivity contribution in [2.75, 3.05) is 20.1 Å². The molecular formula is C21H21BClNO5. The molecule has 2 heterocycles. The maximum absolute atomic E-state index is 12.9. The van der Waals surface area contributed by atoms with Gasteiger partial charge in [-0.25, -0.2) is 0 Å². The number of hydrogen-bond donors (Lipinski definition) is 3. The van der Waals surface area contributed by atoms with E-state index in [0.717, 1.165) is 18.1 Å². The van der Waals surface area contributed by atoms with Crippen molar-refractivity contribution in [3.8, 4) is 22.8 Å². The van der Waals surface area contributed by atoms with Crippen LogP contribution >= 0.6 is 11.6 Å². The SMILES string of the molecule is Bc1cccc(-c2cc(=O)c3c(O)cc(O)c(C4CCN(C)CC4O)c3o2)c1Cl. The maximum atomic E-state index is 12.9. The highest BCUT2D eigenvalue weighted by atomic mass is 35.5. The summed E-state index contributed by atoms with van der Waals surface area (Å²) < 4.78 is 6.06. The van der Waals surface area contributed by atoms with Crippen molar-refractivity contribution in [1.82, 2.24) is 4.90 Å². The van der Waals surface area contributed by atoms with E-state index in [4.69, 9.17) is 16.0 Å². The fourth-order valence-corrected chi connectivity index (χ4v) is 4.30. The highest BCUT2D eigenvalue weighted by Gasteiger charge is 2.33. The van der Waals surface area contributed by atoms with Crippen LogP contribution in [0.1, 0.15) is 17.9 Å². The molecule has 2 aromatic carbocycles. The summed E-state index contributed by atoms with van der Waals surface area (Å²) in [6.45, 7) is 1.15. The number of nitrogens with zero attached hydrogens (tertiary/aromatic N) is 1. The Balaban J connectivity index is 2.00. The monoisotopic (exact) mass is 413 g/mol. The van der Waals surface area contributed by atoms with Gasteiger partial charge < -0.3 is 24.6 Å². The predicted octanol–water partition coefficient (Wildman–Crippen LogP) is 1.56. The van der Waals surface area contributed by atoms with Crippen molar-refractivity contribution in [3.63, 3.8) is 0 Å². The second-order valence-electron chi connectivity index (χ2n) is 7.67. The molecule has 1 aromatic heterocycles. The molecule has 0 radical (unpaired) electrons. The van der Waals surface area contributed by atoms with Gasteiger partial charge in [0.15, 0.2) is 5.43 Å². The van der Waals surface area contributed by atoms with Crippen molar-refractivity contribution < 1.29 is 19.7 Å². The van der Waals surface area contributed by atoms with Crippen LogP contribution in [0, 0.1) is 0 Å². The van der Waals surface area contributed by atoms with Gasteiger partial charge in [0.2, 0.25) is 0 Å². The molecule has 3 N–H and O–H groups in total. The molecule has 150 valence electrons. The number of phenolic OH excluding ortho intramolecular Hbond substituents is 2. The smallest absolute Gasteiger partial charge is 0.197 e. The molecule has 0 spiro atoms. The number of likely N-dealkylation sites (N-methyl/N-ethyl adjacent to an activating group) is 1. The predicted molar refractivity (Wildman–Crippen MR) is 115 cm³/mol. The lowest BCUT2D eigenvalue weighted by atomic mass is 9.85. The zero-order valence-electron chi connectivity index (χ0n) is 16.1. The highest BCUT2D eigenvalue weighted by Crippen LogP contribution is 2.42. The molecule has 1 aliphatic rings. The summed E-state index contributed by atoms with van der Waals surface area (Å²) in [5, 5.41) is 32.0. The van der Waals surface area contributed by atoms with Crippen LogP contribution in [-0.4, -0.2) is 54.3 Å². The third kappa shape index (κ3) is 3.39. The second-order valence-corrected chi connectivity index (χ2v) is 8.05. The molecule has 0 bridgehead atoms. The molecule has 1 fully saturated rings. The van der Waals surface area contributed by atoms with Crippen LogP contribution in [0.25, 0.3) is 22.3 Å². The van der Waals surface area contributed by atoms with Crippen molar-refractivity contribution >= 4 is 35.9 Å². The van der Waals surface area contributed by atoms with Crippen molar-refractivity contribution in [2.24, 2.45) is 0 Å². The van der Waals surface area contributed by atoms with E-state index in [0.29, 0.717) is 29.1 Å². The first-order chi connectivity index (χ1) is 13.8. The third-order valence-corrected chi connectivity index (χ3v) is 6.11. The average molecular weight is 414 g/mol. The van der Waals surface area contributed by atoms with Crippen LogP contribution in [0.4, 0.5) is 0 Å². The minimum Gasteiger partial charge on any atom is -0.507 e. The van der Waals surface area contributed by atoms with E-state index < -0.39 is 17.5 Å². The van der Waals surface area contributed by atoms with Crippen molar-refractivity contribution in [3.05, 3.63) is 51.1 Å². The van der Waals surface area contributed by atoms with Gasteiger partial charge in [-0.3, -0.25) is 4.79 Å². The topological polar surface area (TPSA) is 94.1 Å². The molecule has 4 rings (SSSR count). The summed E-state index contributed by atoms with van der Waals surface area (Å²) in [6, 6.07) is 7.82. The molecule has 2 atom stereocenters. The molecule has 3 aromatic rings. The van der Waals surface area contributed by atoms with Crippen LogP contribution in [-0.2, 0) is 0 Å². The first-order valence-electron chi connectivity index (χ1n) is 9.42. The zero-order chi connectivity index (χ0) is 20.9. The third-order valence-electron chi connectivity index (χ3n) is 5.61.